The number of aromatic nitrogens is 1. The van der Waals surface area contributed by atoms with Crippen molar-refractivity contribution in [2.75, 3.05) is 6.61 Å². The molecule has 0 spiro atoms. The molecule has 1 N–H and O–H groups in total. The highest BCUT2D eigenvalue weighted by molar-refractivity contribution is 4.97. The van der Waals surface area contributed by atoms with Gasteiger partial charge in [-0.15, -0.1) is 0 Å². The first kappa shape index (κ1) is 9.85. The molecule has 0 amide bonds. The molecule has 0 radical (unpaired) electrons. The third-order valence-electron chi connectivity index (χ3n) is 1.05. The lowest BCUT2D eigenvalue weighted by molar-refractivity contribution is -0.156. The fourth-order valence-electron chi connectivity index (χ4n) is 0.571. The normalized spacial score (nSPS) is 11.7. The monoisotopic (exact) mass is 197 g/mol. The van der Waals surface area contributed by atoms with Gasteiger partial charge in [-0.05, 0) is 0 Å². The van der Waals surface area contributed by atoms with Gasteiger partial charge in [-0.1, -0.05) is 0 Å². The summed E-state index contributed by atoms with van der Waals surface area (Å²) >= 11 is 0. The molecular formula is C6H6F3NO3. The molecule has 0 aliphatic heterocycles. The van der Waals surface area contributed by atoms with Crippen molar-refractivity contribution in [1.29, 1.82) is 0 Å². The average Bonchev–Trinajstić information content (AvgIpc) is 2.47. The number of halogens is 3. The van der Waals surface area contributed by atoms with E-state index in [-0.39, 0.29) is 5.69 Å². The molecule has 13 heavy (non-hydrogen) atoms. The van der Waals surface area contributed by atoms with Gasteiger partial charge < -0.3 is 14.3 Å². The van der Waals surface area contributed by atoms with Crippen LogP contribution in [0.4, 0.5) is 13.2 Å². The molecule has 1 aromatic heterocycles. The Morgan fingerprint density at radius 2 is 2.23 bits per heavy atom. The van der Waals surface area contributed by atoms with Crippen molar-refractivity contribution in [2.45, 2.75) is 12.8 Å². The summed E-state index contributed by atoms with van der Waals surface area (Å²) in [4.78, 5) is 3.39. The van der Waals surface area contributed by atoms with Crippen LogP contribution in [0.3, 0.4) is 0 Å². The van der Waals surface area contributed by atoms with Crippen LogP contribution in [0.5, 0.6) is 6.08 Å². The lowest BCUT2D eigenvalue weighted by atomic mass is 10.5. The van der Waals surface area contributed by atoms with Gasteiger partial charge in [0.1, 0.15) is 12.0 Å². The maximum Gasteiger partial charge on any atom is 0.422 e. The molecule has 0 saturated carbocycles. The largest absolute Gasteiger partial charge is 0.441 e. The van der Waals surface area contributed by atoms with Gasteiger partial charge in [0.15, 0.2) is 6.61 Å². The molecule has 0 atom stereocenters. The number of hydrogen-bond acceptors (Lipinski definition) is 4. The Balaban J connectivity index is 2.46. The summed E-state index contributed by atoms with van der Waals surface area (Å²) in [5, 5.41) is 8.48. The average molecular weight is 197 g/mol. The van der Waals surface area contributed by atoms with Gasteiger partial charge in [-0.3, -0.25) is 0 Å². The molecule has 0 aliphatic carbocycles. The summed E-state index contributed by atoms with van der Waals surface area (Å²) in [7, 11) is 0. The fourth-order valence-corrected chi connectivity index (χ4v) is 0.571. The highest BCUT2D eigenvalue weighted by Gasteiger charge is 2.29. The first-order valence-corrected chi connectivity index (χ1v) is 3.26. The Labute approximate surface area is 70.9 Å². The van der Waals surface area contributed by atoms with E-state index in [1.807, 2.05) is 0 Å². The van der Waals surface area contributed by atoms with Crippen LogP contribution in [0.2, 0.25) is 0 Å². The van der Waals surface area contributed by atoms with E-state index in [0.717, 1.165) is 6.26 Å². The minimum Gasteiger partial charge on any atom is -0.441 e. The van der Waals surface area contributed by atoms with Crippen LogP contribution in [0.1, 0.15) is 5.69 Å². The summed E-state index contributed by atoms with van der Waals surface area (Å²) < 4.78 is 43.4. The molecule has 0 saturated heterocycles. The number of aliphatic hydroxyl groups excluding tert-OH is 1. The van der Waals surface area contributed by atoms with Crippen molar-refractivity contribution in [3.8, 4) is 6.08 Å². The third kappa shape index (κ3) is 3.32. The van der Waals surface area contributed by atoms with Crippen LogP contribution >= 0.6 is 0 Å². The fraction of sp³-hybridized carbons (Fsp3) is 0.500. The maximum atomic E-state index is 11.6. The van der Waals surface area contributed by atoms with E-state index >= 15 is 0 Å². The molecule has 1 aromatic rings. The predicted octanol–water partition coefficient (Wildman–Crippen LogP) is 1.11. The Hall–Kier alpha value is -1.24. The van der Waals surface area contributed by atoms with E-state index in [9.17, 15) is 13.2 Å². The summed E-state index contributed by atoms with van der Waals surface area (Å²) in [6, 6.07) is 0. The second kappa shape index (κ2) is 3.65. The third-order valence-corrected chi connectivity index (χ3v) is 1.05. The minimum absolute atomic E-state index is 0.122. The molecule has 0 aromatic carbocycles. The number of oxazole rings is 1. The zero-order chi connectivity index (χ0) is 9.90. The van der Waals surface area contributed by atoms with Gasteiger partial charge in [-0.25, -0.2) is 0 Å². The van der Waals surface area contributed by atoms with Crippen molar-refractivity contribution in [1.82, 2.24) is 4.98 Å². The minimum atomic E-state index is -4.42. The molecule has 1 rings (SSSR count). The van der Waals surface area contributed by atoms with Crippen molar-refractivity contribution < 1.29 is 27.4 Å². The highest BCUT2D eigenvalue weighted by Crippen LogP contribution is 2.17. The van der Waals surface area contributed by atoms with Crippen molar-refractivity contribution in [2.24, 2.45) is 0 Å². The SMILES string of the molecule is OCc1coc(OCC(F)(F)F)n1. The number of nitrogens with zero attached hydrogens (tertiary/aromatic N) is 1. The van der Waals surface area contributed by atoms with Gasteiger partial charge in [0.25, 0.3) is 0 Å². The molecule has 74 valence electrons. The van der Waals surface area contributed by atoms with Crippen molar-refractivity contribution in [3.63, 3.8) is 0 Å². The Morgan fingerprint density at radius 3 is 2.69 bits per heavy atom. The van der Waals surface area contributed by atoms with Gasteiger partial charge in [0, 0.05) is 0 Å². The molecule has 0 bridgehead atoms. The zero-order valence-corrected chi connectivity index (χ0v) is 6.34. The summed E-state index contributed by atoms with van der Waals surface area (Å²) in [5.74, 6) is 0. The van der Waals surface area contributed by atoms with E-state index in [1.54, 1.807) is 0 Å². The second-order valence-corrected chi connectivity index (χ2v) is 2.17. The molecule has 4 nitrogen and oxygen atoms in total. The zero-order valence-electron chi connectivity index (χ0n) is 6.34. The van der Waals surface area contributed by atoms with E-state index in [0.29, 0.717) is 0 Å². The Morgan fingerprint density at radius 1 is 1.54 bits per heavy atom. The number of ether oxygens (including phenoxy) is 1. The van der Waals surface area contributed by atoms with Crippen LogP contribution in [0, 0.1) is 0 Å². The van der Waals surface area contributed by atoms with Gasteiger partial charge >= 0.3 is 12.3 Å². The topological polar surface area (TPSA) is 55.5 Å². The first-order chi connectivity index (χ1) is 6.01. The lowest BCUT2D eigenvalue weighted by Crippen LogP contribution is -2.19. The first-order valence-electron chi connectivity index (χ1n) is 3.26. The van der Waals surface area contributed by atoms with Crippen LogP contribution in [0.25, 0.3) is 0 Å². The summed E-state index contributed by atoms with van der Waals surface area (Å²) in [6.07, 6.45) is -3.90. The van der Waals surface area contributed by atoms with Gasteiger partial charge in [-0.2, -0.15) is 18.2 Å². The van der Waals surface area contributed by atoms with Crippen molar-refractivity contribution >= 4 is 0 Å². The predicted molar refractivity (Wildman–Crippen MR) is 34.0 cm³/mol. The molecule has 1 heterocycles. The maximum absolute atomic E-state index is 11.6. The smallest absolute Gasteiger partial charge is 0.422 e. The summed E-state index contributed by atoms with van der Waals surface area (Å²) in [5.41, 5.74) is 0.122. The quantitative estimate of drug-likeness (QED) is 0.788. The molecule has 0 unspecified atom stereocenters. The van der Waals surface area contributed by atoms with Gasteiger partial charge in [0.2, 0.25) is 0 Å². The highest BCUT2D eigenvalue weighted by atomic mass is 19.4. The molecular weight excluding hydrogens is 191 g/mol. The lowest BCUT2D eigenvalue weighted by Gasteiger charge is -2.04. The number of alkyl halides is 3. The standard InChI is InChI=1S/C6H6F3NO3/c7-6(8,9)3-13-5-10-4(1-11)2-12-5/h2,11H,1,3H2. The van der Waals surface area contributed by atoms with Crippen LogP contribution in [-0.4, -0.2) is 22.9 Å². The molecule has 7 heteroatoms. The van der Waals surface area contributed by atoms with Gasteiger partial charge in [0.05, 0.1) is 6.61 Å². The Kier molecular flexibility index (Phi) is 2.76. The van der Waals surface area contributed by atoms with E-state index in [2.05, 4.69) is 14.1 Å². The summed E-state index contributed by atoms with van der Waals surface area (Å²) in [6.45, 7) is -1.86. The molecule has 0 fully saturated rings. The van der Waals surface area contributed by atoms with Crippen molar-refractivity contribution in [3.05, 3.63) is 12.0 Å². The van der Waals surface area contributed by atoms with E-state index in [1.165, 1.54) is 0 Å². The van der Waals surface area contributed by atoms with E-state index < -0.39 is 25.5 Å². The van der Waals surface area contributed by atoms with Crippen LogP contribution in [0.15, 0.2) is 10.7 Å². The Bertz CT molecular complexity index is 270. The number of hydrogen-bond donors (Lipinski definition) is 1. The molecule has 0 aliphatic rings. The van der Waals surface area contributed by atoms with Crippen LogP contribution < -0.4 is 4.74 Å². The number of aliphatic hydroxyl groups is 1. The number of rotatable bonds is 3. The second-order valence-electron chi connectivity index (χ2n) is 2.17. The van der Waals surface area contributed by atoms with Crippen LogP contribution in [-0.2, 0) is 6.61 Å². The van der Waals surface area contributed by atoms with E-state index in [4.69, 9.17) is 5.11 Å².